The smallest absolute Gasteiger partial charge is 0.00101 e. The molecule has 0 fully saturated rings. The van der Waals surface area contributed by atoms with E-state index in [9.17, 15) is 0 Å². The first-order valence-corrected chi connectivity index (χ1v) is 4.99. The molecule has 1 aliphatic carbocycles. The van der Waals surface area contributed by atoms with E-state index in [-0.39, 0.29) is 0 Å². The molecular formula is C14H16. The molecule has 0 saturated carbocycles. The lowest BCUT2D eigenvalue weighted by atomic mass is 9.91. The fraction of sp³-hybridized carbons (Fsp3) is 0.429. The summed E-state index contributed by atoms with van der Waals surface area (Å²) in [6.45, 7) is 4.23. The van der Waals surface area contributed by atoms with Gasteiger partial charge in [-0.25, -0.2) is 0 Å². The molecule has 0 atom stereocenters. The Hall–Kier alpha value is -1.40. The van der Waals surface area contributed by atoms with Crippen molar-refractivity contribution in [3.63, 3.8) is 0 Å². The molecule has 0 saturated heterocycles. The topological polar surface area (TPSA) is 0 Å². The average molecular weight is 184 g/mol. The van der Waals surface area contributed by atoms with Gasteiger partial charge in [0.15, 0.2) is 0 Å². The van der Waals surface area contributed by atoms with Crippen LogP contribution in [-0.4, -0.2) is 0 Å². The summed E-state index contributed by atoms with van der Waals surface area (Å²) in [6, 6.07) is 0. The van der Waals surface area contributed by atoms with Crippen molar-refractivity contribution in [2.75, 3.05) is 0 Å². The van der Waals surface area contributed by atoms with E-state index in [0.29, 0.717) is 0 Å². The fourth-order valence-electron chi connectivity index (χ4n) is 1.74. The molecule has 0 radical (unpaired) electrons. The third kappa shape index (κ3) is 2.30. The van der Waals surface area contributed by atoms with Crippen LogP contribution in [0.5, 0.6) is 0 Å². The zero-order valence-electron chi connectivity index (χ0n) is 8.98. The molecule has 0 amide bonds. The summed E-state index contributed by atoms with van der Waals surface area (Å²) in [5, 5.41) is 0. The molecular weight excluding hydrogens is 168 g/mol. The summed E-state index contributed by atoms with van der Waals surface area (Å²) in [5.74, 6) is 5.56. The predicted molar refractivity (Wildman–Crippen MR) is 61.5 cm³/mol. The molecule has 0 unspecified atom stereocenters. The van der Waals surface area contributed by atoms with E-state index in [4.69, 9.17) is 12.8 Å². The van der Waals surface area contributed by atoms with Crippen LogP contribution in [0.15, 0.2) is 22.3 Å². The van der Waals surface area contributed by atoms with Crippen molar-refractivity contribution >= 4 is 0 Å². The Morgan fingerprint density at radius 2 is 1.14 bits per heavy atom. The molecule has 14 heavy (non-hydrogen) atoms. The maximum atomic E-state index is 5.46. The van der Waals surface area contributed by atoms with Gasteiger partial charge in [-0.2, -0.15) is 0 Å². The van der Waals surface area contributed by atoms with E-state index < -0.39 is 0 Å². The van der Waals surface area contributed by atoms with Gasteiger partial charge in [-0.3, -0.25) is 0 Å². The molecule has 0 aliphatic heterocycles. The summed E-state index contributed by atoms with van der Waals surface area (Å²) in [5.41, 5.74) is 4.99. The molecule has 0 N–H and O–H groups in total. The van der Waals surface area contributed by atoms with Gasteiger partial charge in [0, 0.05) is 11.1 Å². The Bertz CT molecular complexity index is 326. The Balaban J connectivity index is 2.89. The summed E-state index contributed by atoms with van der Waals surface area (Å²) >= 11 is 0. The van der Waals surface area contributed by atoms with E-state index in [2.05, 4.69) is 25.7 Å². The van der Waals surface area contributed by atoms with E-state index in [1.165, 1.54) is 22.3 Å². The van der Waals surface area contributed by atoms with Crippen molar-refractivity contribution in [2.24, 2.45) is 0 Å². The van der Waals surface area contributed by atoms with Gasteiger partial charge in [0.1, 0.15) is 0 Å². The zero-order chi connectivity index (χ0) is 10.6. The Labute approximate surface area is 87.1 Å². The number of terminal acetylenes is 2. The van der Waals surface area contributed by atoms with E-state index in [0.717, 1.165) is 25.7 Å². The van der Waals surface area contributed by atoms with E-state index in [1.807, 2.05) is 0 Å². The van der Waals surface area contributed by atoms with Gasteiger partial charge in [-0.15, -0.1) is 12.8 Å². The van der Waals surface area contributed by atoms with Gasteiger partial charge in [-0.05, 0) is 39.5 Å². The standard InChI is InChI=1S/C14H16/c1-5-13-9-7-12(4)14(6-2)10-8-11(13)3/h1-2H,7-10H2,3-4H3. The first-order valence-electron chi connectivity index (χ1n) is 4.99. The molecule has 0 bridgehead atoms. The van der Waals surface area contributed by atoms with Crippen LogP contribution in [0.4, 0.5) is 0 Å². The van der Waals surface area contributed by atoms with Crippen LogP contribution in [0.1, 0.15) is 39.5 Å². The normalized spacial score (nSPS) is 18.3. The Morgan fingerprint density at radius 1 is 0.786 bits per heavy atom. The van der Waals surface area contributed by atoms with Gasteiger partial charge in [0.25, 0.3) is 0 Å². The van der Waals surface area contributed by atoms with Crippen molar-refractivity contribution in [2.45, 2.75) is 39.5 Å². The second-order valence-electron chi connectivity index (χ2n) is 3.81. The third-order valence-electron chi connectivity index (χ3n) is 2.88. The molecule has 1 aliphatic rings. The van der Waals surface area contributed by atoms with Gasteiger partial charge in [-0.1, -0.05) is 23.0 Å². The summed E-state index contributed by atoms with van der Waals surface area (Å²) in [4.78, 5) is 0. The predicted octanol–water partition coefficient (Wildman–Crippen LogP) is 3.46. The van der Waals surface area contributed by atoms with Crippen molar-refractivity contribution in [3.05, 3.63) is 22.3 Å². The minimum absolute atomic E-state index is 0.972. The van der Waals surface area contributed by atoms with Gasteiger partial charge < -0.3 is 0 Å². The first kappa shape index (κ1) is 10.7. The minimum Gasteiger partial charge on any atom is -0.115 e. The van der Waals surface area contributed by atoms with Crippen molar-refractivity contribution in [3.8, 4) is 24.7 Å². The summed E-state index contributed by atoms with van der Waals surface area (Å²) < 4.78 is 0. The molecule has 0 spiro atoms. The lowest BCUT2D eigenvalue weighted by Gasteiger charge is -2.14. The largest absolute Gasteiger partial charge is 0.115 e. The van der Waals surface area contributed by atoms with Crippen LogP contribution in [0.2, 0.25) is 0 Å². The van der Waals surface area contributed by atoms with Crippen LogP contribution in [0.3, 0.4) is 0 Å². The average Bonchev–Trinajstić information content (AvgIpc) is 2.17. The number of rotatable bonds is 0. The van der Waals surface area contributed by atoms with E-state index >= 15 is 0 Å². The lowest BCUT2D eigenvalue weighted by Crippen LogP contribution is -1.97. The zero-order valence-corrected chi connectivity index (χ0v) is 8.98. The van der Waals surface area contributed by atoms with Crippen LogP contribution < -0.4 is 0 Å². The maximum absolute atomic E-state index is 5.46. The van der Waals surface area contributed by atoms with Crippen molar-refractivity contribution in [1.82, 2.24) is 0 Å². The van der Waals surface area contributed by atoms with Crippen LogP contribution in [0.25, 0.3) is 0 Å². The number of hydrogen-bond donors (Lipinski definition) is 0. The van der Waals surface area contributed by atoms with E-state index in [1.54, 1.807) is 0 Å². The quantitative estimate of drug-likeness (QED) is 0.506. The second kappa shape index (κ2) is 4.73. The first-order chi connectivity index (χ1) is 6.69. The van der Waals surface area contributed by atoms with Crippen molar-refractivity contribution < 1.29 is 0 Å². The monoisotopic (exact) mass is 184 g/mol. The molecule has 0 aromatic heterocycles. The molecule has 0 nitrogen and oxygen atoms in total. The SMILES string of the molecule is C#CC1=C(C)CCC(C#C)=C(C)CC1. The highest BCUT2D eigenvalue weighted by Crippen LogP contribution is 2.25. The highest BCUT2D eigenvalue weighted by molar-refractivity contribution is 5.37. The Kier molecular flexibility index (Phi) is 3.61. The maximum Gasteiger partial charge on any atom is 0.00101 e. The van der Waals surface area contributed by atoms with Crippen molar-refractivity contribution in [1.29, 1.82) is 0 Å². The summed E-state index contributed by atoms with van der Waals surface area (Å²) in [7, 11) is 0. The van der Waals surface area contributed by atoms with Crippen LogP contribution in [-0.2, 0) is 0 Å². The molecule has 0 heterocycles. The molecule has 0 aromatic carbocycles. The minimum atomic E-state index is 0.972. The van der Waals surface area contributed by atoms with Gasteiger partial charge in [0.05, 0.1) is 0 Å². The fourth-order valence-corrected chi connectivity index (χ4v) is 1.74. The van der Waals surface area contributed by atoms with Gasteiger partial charge in [0.2, 0.25) is 0 Å². The molecule has 0 aromatic rings. The molecule has 72 valence electrons. The van der Waals surface area contributed by atoms with Crippen LogP contribution in [0, 0.1) is 24.7 Å². The molecule has 1 rings (SSSR count). The summed E-state index contributed by atoms with van der Waals surface area (Å²) in [6.07, 6.45) is 14.9. The Morgan fingerprint density at radius 3 is 1.43 bits per heavy atom. The van der Waals surface area contributed by atoms with Gasteiger partial charge >= 0.3 is 0 Å². The van der Waals surface area contributed by atoms with Crippen LogP contribution >= 0.6 is 0 Å². The number of allylic oxidation sites excluding steroid dienone is 4. The highest BCUT2D eigenvalue weighted by Gasteiger charge is 2.08. The number of hydrogen-bond acceptors (Lipinski definition) is 0. The molecule has 0 heteroatoms. The second-order valence-corrected chi connectivity index (χ2v) is 3.81. The third-order valence-corrected chi connectivity index (χ3v) is 2.88. The highest BCUT2D eigenvalue weighted by atomic mass is 14.1. The lowest BCUT2D eigenvalue weighted by molar-refractivity contribution is 0.835.